The Morgan fingerprint density at radius 3 is 0.816 bits per heavy atom. The minimum Gasteiger partial charge on any atom is -0.497 e. The first kappa shape index (κ1) is 24.6. The average molecular weight is 503 g/mol. The highest BCUT2D eigenvalue weighted by molar-refractivity contribution is 5.81. The first-order valence-electron chi connectivity index (χ1n) is 12.3. The second kappa shape index (κ2) is 10.9. The van der Waals surface area contributed by atoms with Crippen LogP contribution in [0.4, 0.5) is 45.5 Å². The summed E-state index contributed by atoms with van der Waals surface area (Å²) in [5.74, 6) is 1.61. The minimum atomic E-state index is 0.720. The summed E-state index contributed by atoms with van der Waals surface area (Å²) in [5, 5.41) is 0. The Kier molecular flexibility index (Phi) is 7.04. The van der Waals surface area contributed by atoms with Gasteiger partial charge in [-0.05, 0) is 121 Å². The van der Waals surface area contributed by atoms with E-state index in [1.54, 1.807) is 14.2 Å². The van der Waals surface area contributed by atoms with Gasteiger partial charge >= 0.3 is 0 Å². The van der Waals surface area contributed by atoms with Gasteiger partial charge in [0.05, 0.1) is 14.2 Å². The zero-order valence-electron chi connectivity index (χ0n) is 21.4. The van der Waals surface area contributed by atoms with Gasteiger partial charge < -0.3 is 30.7 Å². The maximum Gasteiger partial charge on any atom is 0.119 e. The topological polar surface area (TPSA) is 77.0 Å². The zero-order chi connectivity index (χ0) is 26.5. The predicted octanol–water partition coefficient (Wildman–Crippen LogP) is 7.81. The van der Waals surface area contributed by atoms with Gasteiger partial charge in [-0.2, -0.15) is 0 Å². The summed E-state index contributed by atoms with van der Waals surface area (Å²) in [5.41, 5.74) is 19.4. The number of benzene rings is 5. The first-order chi connectivity index (χ1) is 18.6. The number of nitrogen functional groups attached to an aromatic ring is 2. The molecule has 0 amide bonds. The van der Waals surface area contributed by atoms with Crippen molar-refractivity contribution in [1.82, 2.24) is 0 Å². The average Bonchev–Trinajstić information content (AvgIpc) is 2.97. The number of rotatable bonds is 8. The largest absolute Gasteiger partial charge is 0.497 e. The highest BCUT2D eigenvalue weighted by Gasteiger charge is 2.16. The molecule has 0 atom stereocenters. The summed E-state index contributed by atoms with van der Waals surface area (Å²) >= 11 is 0. The quantitative estimate of drug-likeness (QED) is 0.211. The number of ether oxygens (including phenoxy) is 2. The third-order valence-corrected chi connectivity index (χ3v) is 6.33. The van der Waals surface area contributed by atoms with Gasteiger partial charge in [-0.15, -0.1) is 0 Å². The molecule has 5 aromatic rings. The van der Waals surface area contributed by atoms with Crippen LogP contribution >= 0.6 is 0 Å². The fourth-order valence-corrected chi connectivity index (χ4v) is 4.35. The molecule has 0 aliphatic rings. The van der Waals surface area contributed by atoms with Crippen LogP contribution in [-0.2, 0) is 0 Å². The number of methoxy groups -OCH3 is 2. The van der Waals surface area contributed by atoms with Crippen LogP contribution in [0.3, 0.4) is 0 Å². The van der Waals surface area contributed by atoms with E-state index in [0.29, 0.717) is 0 Å². The van der Waals surface area contributed by atoms with E-state index in [1.165, 1.54) is 0 Å². The lowest BCUT2D eigenvalue weighted by molar-refractivity contribution is 0.414. The van der Waals surface area contributed by atoms with E-state index >= 15 is 0 Å². The van der Waals surface area contributed by atoms with Crippen LogP contribution in [0.1, 0.15) is 0 Å². The molecule has 6 heteroatoms. The summed E-state index contributed by atoms with van der Waals surface area (Å²) in [4.78, 5) is 4.37. The van der Waals surface area contributed by atoms with Crippen LogP contribution < -0.4 is 30.7 Å². The Morgan fingerprint density at radius 2 is 0.579 bits per heavy atom. The van der Waals surface area contributed by atoms with E-state index in [-0.39, 0.29) is 0 Å². The number of anilines is 8. The van der Waals surface area contributed by atoms with Gasteiger partial charge in [0, 0.05) is 45.5 Å². The lowest BCUT2D eigenvalue weighted by Crippen LogP contribution is -2.12. The smallest absolute Gasteiger partial charge is 0.119 e. The molecule has 0 bridgehead atoms. The number of hydrogen-bond donors (Lipinski definition) is 2. The highest BCUT2D eigenvalue weighted by Crippen LogP contribution is 2.39. The molecule has 0 fully saturated rings. The molecule has 0 aliphatic heterocycles. The molecule has 0 heterocycles. The maximum absolute atomic E-state index is 5.98. The third-order valence-electron chi connectivity index (χ3n) is 6.33. The van der Waals surface area contributed by atoms with Crippen molar-refractivity contribution in [2.45, 2.75) is 0 Å². The van der Waals surface area contributed by atoms with E-state index in [2.05, 4.69) is 34.1 Å². The van der Waals surface area contributed by atoms with Crippen molar-refractivity contribution in [2.75, 3.05) is 35.5 Å². The first-order valence-corrected chi connectivity index (χ1v) is 12.3. The van der Waals surface area contributed by atoms with Crippen LogP contribution in [0.15, 0.2) is 121 Å². The van der Waals surface area contributed by atoms with Crippen molar-refractivity contribution in [3.05, 3.63) is 121 Å². The van der Waals surface area contributed by atoms with Crippen LogP contribution in [0.5, 0.6) is 11.5 Å². The molecule has 0 unspecified atom stereocenters. The molecule has 5 aromatic carbocycles. The standard InChI is InChI=1S/C32H30N4O2/c1-37-31-19-15-29(16-20-31)35(25-7-3-23(33)4-8-25)27-11-13-28(14-12-27)36(26-9-5-24(34)6-10-26)30-17-21-32(38-2)22-18-30/h3-22H,33-34H2,1-2H3. The Bertz CT molecular complexity index is 1350. The molecule has 4 N–H and O–H groups in total. The molecule has 5 rings (SSSR count). The lowest BCUT2D eigenvalue weighted by Gasteiger charge is -2.28. The number of nitrogens with zero attached hydrogens (tertiary/aromatic N) is 2. The van der Waals surface area contributed by atoms with Gasteiger partial charge in [0.2, 0.25) is 0 Å². The highest BCUT2D eigenvalue weighted by atomic mass is 16.5. The fourth-order valence-electron chi connectivity index (χ4n) is 4.35. The minimum absolute atomic E-state index is 0.720. The summed E-state index contributed by atoms with van der Waals surface area (Å²) in [6.07, 6.45) is 0. The van der Waals surface area contributed by atoms with Crippen molar-refractivity contribution in [3.8, 4) is 11.5 Å². The Labute approximate surface area is 223 Å². The Balaban J connectivity index is 1.56. The molecule has 0 saturated heterocycles. The second-order valence-corrected chi connectivity index (χ2v) is 8.77. The molecule has 0 aromatic heterocycles. The normalized spacial score (nSPS) is 10.6. The summed E-state index contributed by atoms with van der Waals surface area (Å²) < 4.78 is 10.7. The fraction of sp³-hybridized carbons (Fsp3) is 0.0625. The van der Waals surface area contributed by atoms with Gasteiger partial charge in [0.25, 0.3) is 0 Å². The van der Waals surface area contributed by atoms with Gasteiger partial charge in [-0.1, -0.05) is 0 Å². The van der Waals surface area contributed by atoms with E-state index < -0.39 is 0 Å². The summed E-state index contributed by atoms with van der Waals surface area (Å²) in [6.45, 7) is 0. The molecule has 0 aliphatic carbocycles. The molecule has 190 valence electrons. The van der Waals surface area contributed by atoms with Gasteiger partial charge in [0.1, 0.15) is 11.5 Å². The maximum atomic E-state index is 5.98. The molecule has 0 spiro atoms. The third kappa shape index (κ3) is 5.20. The van der Waals surface area contributed by atoms with E-state index in [9.17, 15) is 0 Å². The van der Waals surface area contributed by atoms with Crippen molar-refractivity contribution >= 4 is 45.5 Å². The van der Waals surface area contributed by atoms with E-state index in [4.69, 9.17) is 20.9 Å². The van der Waals surface area contributed by atoms with E-state index in [1.807, 2.05) is 97.1 Å². The van der Waals surface area contributed by atoms with Crippen molar-refractivity contribution in [1.29, 1.82) is 0 Å². The van der Waals surface area contributed by atoms with Crippen molar-refractivity contribution in [3.63, 3.8) is 0 Å². The van der Waals surface area contributed by atoms with Gasteiger partial charge in [0.15, 0.2) is 0 Å². The molecule has 0 radical (unpaired) electrons. The molecular formula is C32H30N4O2. The molecular weight excluding hydrogens is 472 g/mol. The molecule has 6 nitrogen and oxygen atoms in total. The Hall–Kier alpha value is -5.10. The predicted molar refractivity (Wildman–Crippen MR) is 158 cm³/mol. The lowest BCUT2D eigenvalue weighted by atomic mass is 10.1. The number of nitrogens with two attached hydrogens (primary N) is 2. The monoisotopic (exact) mass is 502 g/mol. The molecule has 38 heavy (non-hydrogen) atoms. The second-order valence-electron chi connectivity index (χ2n) is 8.77. The van der Waals surface area contributed by atoms with Crippen LogP contribution in [0.2, 0.25) is 0 Å². The van der Waals surface area contributed by atoms with Crippen LogP contribution in [0.25, 0.3) is 0 Å². The van der Waals surface area contributed by atoms with Crippen molar-refractivity contribution < 1.29 is 9.47 Å². The summed E-state index contributed by atoms with van der Waals surface area (Å²) in [6, 6.07) is 40.2. The van der Waals surface area contributed by atoms with Gasteiger partial charge in [-0.25, -0.2) is 0 Å². The number of hydrogen-bond acceptors (Lipinski definition) is 6. The van der Waals surface area contributed by atoms with Crippen LogP contribution in [-0.4, -0.2) is 14.2 Å². The van der Waals surface area contributed by atoms with E-state index in [0.717, 1.165) is 57.0 Å². The summed E-state index contributed by atoms with van der Waals surface area (Å²) in [7, 11) is 3.34. The van der Waals surface area contributed by atoms with Gasteiger partial charge in [-0.3, -0.25) is 0 Å². The van der Waals surface area contributed by atoms with Crippen molar-refractivity contribution in [2.24, 2.45) is 0 Å². The van der Waals surface area contributed by atoms with Crippen LogP contribution in [0, 0.1) is 0 Å². The Morgan fingerprint density at radius 1 is 0.368 bits per heavy atom. The zero-order valence-corrected chi connectivity index (χ0v) is 21.4. The molecule has 0 saturated carbocycles. The SMILES string of the molecule is COc1ccc(N(c2ccc(N)cc2)c2ccc(N(c3ccc(N)cc3)c3ccc(OC)cc3)cc2)cc1.